The van der Waals surface area contributed by atoms with Crippen LogP contribution in [0.25, 0.3) is 11.5 Å². The highest BCUT2D eigenvalue weighted by Crippen LogP contribution is 2.32. The molecule has 0 aliphatic heterocycles. The molecule has 3 rings (SSSR count). The second-order valence-corrected chi connectivity index (χ2v) is 6.69. The summed E-state index contributed by atoms with van der Waals surface area (Å²) in [6.07, 6.45) is 4.66. The first-order valence-electron chi connectivity index (χ1n) is 8.64. The van der Waals surface area contributed by atoms with Gasteiger partial charge < -0.3 is 9.64 Å². The van der Waals surface area contributed by atoms with E-state index in [0.29, 0.717) is 5.82 Å². The summed E-state index contributed by atoms with van der Waals surface area (Å²) in [4.78, 5) is 28.1. The molecule has 2 aromatic heterocycles. The number of pyridine rings is 1. The second kappa shape index (κ2) is 7.17. The molecule has 0 fully saturated rings. The van der Waals surface area contributed by atoms with Crippen molar-refractivity contribution in [1.29, 1.82) is 0 Å². The zero-order chi connectivity index (χ0) is 18.0. The molecule has 2 aromatic rings. The van der Waals surface area contributed by atoms with Gasteiger partial charge in [-0.25, -0.2) is 14.8 Å². The molecular formula is C19H24N4O2. The predicted octanol–water partition coefficient (Wildman–Crippen LogP) is 2.66. The van der Waals surface area contributed by atoms with E-state index in [0.717, 1.165) is 42.0 Å². The van der Waals surface area contributed by atoms with E-state index in [-0.39, 0.29) is 17.9 Å². The molecule has 0 radical (unpaired) electrons. The number of esters is 1. The number of nitrogens with zero attached hydrogens (tertiary/aromatic N) is 4. The van der Waals surface area contributed by atoms with E-state index in [4.69, 9.17) is 14.7 Å². The number of carbonyl (C=O) groups is 1. The van der Waals surface area contributed by atoms with Crippen molar-refractivity contribution in [2.24, 2.45) is 5.92 Å². The summed E-state index contributed by atoms with van der Waals surface area (Å²) in [5, 5.41) is 0. The summed E-state index contributed by atoms with van der Waals surface area (Å²) in [6.45, 7) is 4.03. The molecule has 2 heterocycles. The summed E-state index contributed by atoms with van der Waals surface area (Å²) in [6, 6.07) is 5.31. The lowest BCUT2D eigenvalue weighted by atomic mass is 10.0. The number of fused-ring (bicyclic) bond motifs is 1. The van der Waals surface area contributed by atoms with Crippen LogP contribution in [0.5, 0.6) is 0 Å². The van der Waals surface area contributed by atoms with Crippen molar-refractivity contribution in [3.8, 4) is 11.5 Å². The molecule has 0 saturated heterocycles. The van der Waals surface area contributed by atoms with Crippen LogP contribution in [-0.2, 0) is 22.4 Å². The second-order valence-electron chi connectivity index (χ2n) is 6.69. The van der Waals surface area contributed by atoms with Crippen LogP contribution in [0.1, 0.15) is 31.5 Å². The molecule has 1 atom stereocenters. The molecular weight excluding hydrogens is 316 g/mol. The minimum absolute atomic E-state index is 0.0998. The Morgan fingerprint density at radius 2 is 2.04 bits per heavy atom. The topological polar surface area (TPSA) is 68.2 Å². The summed E-state index contributed by atoms with van der Waals surface area (Å²) < 4.78 is 5.01. The Balaban J connectivity index is 2.08. The Morgan fingerprint density at radius 3 is 2.68 bits per heavy atom. The highest BCUT2D eigenvalue weighted by molar-refractivity contribution is 5.80. The van der Waals surface area contributed by atoms with Gasteiger partial charge in [-0.2, -0.15) is 0 Å². The van der Waals surface area contributed by atoms with E-state index in [2.05, 4.69) is 4.98 Å². The summed E-state index contributed by atoms with van der Waals surface area (Å²) in [5.74, 6) is 1.27. The molecule has 1 unspecified atom stereocenters. The van der Waals surface area contributed by atoms with Crippen molar-refractivity contribution in [2.45, 2.75) is 39.2 Å². The van der Waals surface area contributed by atoms with Crippen molar-refractivity contribution in [3.63, 3.8) is 0 Å². The van der Waals surface area contributed by atoms with Crippen molar-refractivity contribution in [1.82, 2.24) is 15.0 Å². The summed E-state index contributed by atoms with van der Waals surface area (Å²) in [5.41, 5.74) is 2.94. The van der Waals surface area contributed by atoms with E-state index in [1.54, 1.807) is 6.20 Å². The predicted molar refractivity (Wildman–Crippen MR) is 96.3 cm³/mol. The fourth-order valence-electron chi connectivity index (χ4n) is 3.44. The van der Waals surface area contributed by atoms with Crippen molar-refractivity contribution >= 4 is 11.8 Å². The van der Waals surface area contributed by atoms with E-state index < -0.39 is 0 Å². The van der Waals surface area contributed by atoms with Crippen LogP contribution in [-0.4, -0.2) is 41.1 Å². The third-order valence-corrected chi connectivity index (χ3v) is 4.63. The molecule has 132 valence electrons. The SMILES string of the molecule is COC(=O)C(C(C)C)N(C)c1nc(-c2ccccn2)nc2c1CCC2. The van der Waals surface area contributed by atoms with Crippen LogP contribution in [0, 0.1) is 5.92 Å². The number of carbonyl (C=O) groups excluding carboxylic acids is 1. The van der Waals surface area contributed by atoms with Crippen LogP contribution >= 0.6 is 0 Å². The quantitative estimate of drug-likeness (QED) is 0.780. The zero-order valence-corrected chi connectivity index (χ0v) is 15.2. The van der Waals surface area contributed by atoms with Gasteiger partial charge in [0.1, 0.15) is 17.6 Å². The maximum Gasteiger partial charge on any atom is 0.328 e. The molecule has 0 amide bonds. The molecule has 6 nitrogen and oxygen atoms in total. The van der Waals surface area contributed by atoms with Crippen molar-refractivity contribution in [2.75, 3.05) is 19.1 Å². The van der Waals surface area contributed by atoms with Gasteiger partial charge in [0.25, 0.3) is 0 Å². The molecule has 1 aliphatic rings. The smallest absolute Gasteiger partial charge is 0.328 e. The highest BCUT2D eigenvalue weighted by atomic mass is 16.5. The van der Waals surface area contributed by atoms with Crippen LogP contribution in [0.2, 0.25) is 0 Å². The molecule has 0 saturated carbocycles. The average Bonchev–Trinajstić information content (AvgIpc) is 3.09. The fraction of sp³-hybridized carbons (Fsp3) is 0.474. The van der Waals surface area contributed by atoms with Crippen molar-refractivity contribution < 1.29 is 9.53 Å². The Morgan fingerprint density at radius 1 is 1.24 bits per heavy atom. The maximum atomic E-state index is 12.3. The Kier molecular flexibility index (Phi) is 4.97. The average molecular weight is 340 g/mol. The largest absolute Gasteiger partial charge is 0.467 e. The zero-order valence-electron chi connectivity index (χ0n) is 15.2. The number of ether oxygens (including phenoxy) is 1. The van der Waals surface area contributed by atoms with Gasteiger partial charge in [0.05, 0.1) is 7.11 Å². The number of methoxy groups -OCH3 is 1. The molecule has 0 N–H and O–H groups in total. The Hall–Kier alpha value is -2.50. The maximum absolute atomic E-state index is 12.3. The monoisotopic (exact) mass is 340 g/mol. The fourth-order valence-corrected chi connectivity index (χ4v) is 3.44. The van der Waals surface area contributed by atoms with Gasteiger partial charge in [-0.3, -0.25) is 4.98 Å². The third-order valence-electron chi connectivity index (χ3n) is 4.63. The first-order valence-corrected chi connectivity index (χ1v) is 8.64. The lowest BCUT2D eigenvalue weighted by molar-refractivity contribution is -0.143. The molecule has 0 aromatic carbocycles. The van der Waals surface area contributed by atoms with Gasteiger partial charge in [-0.15, -0.1) is 0 Å². The summed E-state index contributed by atoms with van der Waals surface area (Å²) in [7, 11) is 3.33. The van der Waals surface area contributed by atoms with E-state index in [1.807, 2.05) is 44.0 Å². The van der Waals surface area contributed by atoms with Crippen molar-refractivity contribution in [3.05, 3.63) is 35.7 Å². The van der Waals surface area contributed by atoms with Crippen LogP contribution in [0.15, 0.2) is 24.4 Å². The van der Waals surface area contributed by atoms with Gasteiger partial charge in [0.2, 0.25) is 0 Å². The van der Waals surface area contributed by atoms with Gasteiger partial charge in [0, 0.05) is 24.5 Å². The Bertz CT molecular complexity index is 762. The normalized spacial score (nSPS) is 14.3. The summed E-state index contributed by atoms with van der Waals surface area (Å²) >= 11 is 0. The third kappa shape index (κ3) is 3.34. The first kappa shape index (κ1) is 17.3. The number of aryl methyl sites for hydroxylation is 1. The minimum Gasteiger partial charge on any atom is -0.467 e. The number of likely N-dealkylation sites (N-methyl/N-ethyl adjacent to an activating group) is 1. The molecule has 25 heavy (non-hydrogen) atoms. The number of rotatable bonds is 5. The van der Waals surface area contributed by atoms with Gasteiger partial charge in [-0.05, 0) is 37.3 Å². The molecule has 6 heteroatoms. The van der Waals surface area contributed by atoms with Gasteiger partial charge in [-0.1, -0.05) is 19.9 Å². The van der Waals surface area contributed by atoms with Crippen LogP contribution < -0.4 is 4.90 Å². The number of hydrogen-bond donors (Lipinski definition) is 0. The molecule has 1 aliphatic carbocycles. The van der Waals surface area contributed by atoms with Crippen LogP contribution in [0.3, 0.4) is 0 Å². The lowest BCUT2D eigenvalue weighted by Crippen LogP contribution is -2.44. The van der Waals surface area contributed by atoms with Gasteiger partial charge >= 0.3 is 5.97 Å². The van der Waals surface area contributed by atoms with E-state index >= 15 is 0 Å². The first-order chi connectivity index (χ1) is 12.0. The molecule has 0 bridgehead atoms. The standard InChI is InChI=1S/C19H24N4O2/c1-12(2)16(19(24)25-4)23(3)18-13-8-7-10-14(13)21-17(22-18)15-9-5-6-11-20-15/h5-6,9,11-12,16H,7-8,10H2,1-4H3. The van der Waals surface area contributed by atoms with Crippen LogP contribution in [0.4, 0.5) is 5.82 Å². The number of hydrogen-bond acceptors (Lipinski definition) is 6. The van der Waals surface area contributed by atoms with E-state index in [9.17, 15) is 4.79 Å². The lowest BCUT2D eigenvalue weighted by Gasteiger charge is -2.31. The number of aromatic nitrogens is 3. The minimum atomic E-state index is -0.388. The molecule has 0 spiro atoms. The Labute approximate surface area is 148 Å². The van der Waals surface area contributed by atoms with E-state index in [1.165, 1.54) is 7.11 Å². The number of anilines is 1. The highest BCUT2D eigenvalue weighted by Gasteiger charge is 2.32. The van der Waals surface area contributed by atoms with Gasteiger partial charge in [0.15, 0.2) is 5.82 Å².